The molecule has 1 saturated heterocycles. The molecule has 2 N–H and O–H groups in total. The highest BCUT2D eigenvalue weighted by Crippen LogP contribution is 2.26. The van der Waals surface area contributed by atoms with Gasteiger partial charge in [0.05, 0.1) is 17.8 Å². The summed E-state index contributed by atoms with van der Waals surface area (Å²) in [5.74, 6) is -0.908. The Morgan fingerprint density at radius 2 is 2.08 bits per heavy atom. The summed E-state index contributed by atoms with van der Waals surface area (Å²) in [5, 5.41) is 10.6. The zero-order valence-corrected chi connectivity index (χ0v) is 21.0. The summed E-state index contributed by atoms with van der Waals surface area (Å²) in [5.41, 5.74) is 0.501. The molecule has 1 amide bonds. The SMILES string of the molecule is C[C@@H]1CCCN1CCCOc1ccc2c(Nc3ccn(CC(=O)Nc4cccc(F)c4F)n3)ncnc2c1. The van der Waals surface area contributed by atoms with Gasteiger partial charge in [0.2, 0.25) is 5.91 Å². The van der Waals surface area contributed by atoms with Crippen molar-refractivity contribution >= 4 is 34.1 Å². The molecule has 0 saturated carbocycles. The van der Waals surface area contributed by atoms with Crippen molar-refractivity contribution in [2.75, 3.05) is 30.3 Å². The van der Waals surface area contributed by atoms with Crippen molar-refractivity contribution in [2.24, 2.45) is 0 Å². The summed E-state index contributed by atoms with van der Waals surface area (Å²) in [6, 6.07) is 11.6. The number of fused-ring (bicyclic) bond motifs is 1. The van der Waals surface area contributed by atoms with Crippen molar-refractivity contribution in [2.45, 2.75) is 38.8 Å². The first-order valence-electron chi connectivity index (χ1n) is 12.6. The van der Waals surface area contributed by atoms with Gasteiger partial charge in [0.25, 0.3) is 0 Å². The van der Waals surface area contributed by atoms with Crippen LogP contribution in [0.1, 0.15) is 26.2 Å². The van der Waals surface area contributed by atoms with Crippen LogP contribution in [0.3, 0.4) is 0 Å². The first kappa shape index (κ1) is 25.5. The van der Waals surface area contributed by atoms with E-state index in [1.165, 1.54) is 42.5 Å². The van der Waals surface area contributed by atoms with E-state index in [4.69, 9.17) is 4.74 Å². The number of carbonyl (C=O) groups is 1. The number of carbonyl (C=O) groups excluding carboxylic acids is 1. The van der Waals surface area contributed by atoms with E-state index in [9.17, 15) is 13.6 Å². The number of halogens is 2. The number of benzene rings is 2. The van der Waals surface area contributed by atoms with Gasteiger partial charge in [-0.3, -0.25) is 9.48 Å². The zero-order chi connectivity index (χ0) is 26.5. The van der Waals surface area contributed by atoms with Gasteiger partial charge in [-0.05, 0) is 57.0 Å². The molecule has 1 aliphatic rings. The summed E-state index contributed by atoms with van der Waals surface area (Å²) in [6.45, 7) is 4.95. The predicted octanol–water partition coefficient (Wildman–Crippen LogP) is 4.74. The van der Waals surface area contributed by atoms with Gasteiger partial charge >= 0.3 is 0 Å². The molecule has 0 unspecified atom stereocenters. The second-order valence-electron chi connectivity index (χ2n) is 9.30. The van der Waals surface area contributed by atoms with Gasteiger partial charge in [-0.2, -0.15) is 5.10 Å². The molecule has 1 atom stereocenters. The molecule has 4 aromatic rings. The lowest BCUT2D eigenvalue weighted by atomic mass is 10.2. The van der Waals surface area contributed by atoms with Crippen LogP contribution in [0.2, 0.25) is 0 Å². The Kier molecular flexibility index (Phi) is 7.73. The second kappa shape index (κ2) is 11.5. The fourth-order valence-corrected chi connectivity index (χ4v) is 4.58. The van der Waals surface area contributed by atoms with Crippen LogP contribution < -0.4 is 15.4 Å². The van der Waals surface area contributed by atoms with Gasteiger partial charge in [-0.25, -0.2) is 18.7 Å². The predicted molar refractivity (Wildman–Crippen MR) is 140 cm³/mol. The maximum atomic E-state index is 13.8. The average molecular weight is 522 g/mol. The Hall–Kier alpha value is -4.12. The van der Waals surface area contributed by atoms with Crippen LogP contribution in [0.15, 0.2) is 55.0 Å². The molecule has 0 radical (unpaired) electrons. The number of rotatable bonds is 10. The number of amides is 1. The lowest BCUT2D eigenvalue weighted by molar-refractivity contribution is -0.116. The largest absolute Gasteiger partial charge is 0.493 e. The van der Waals surface area contributed by atoms with E-state index in [0.717, 1.165) is 35.7 Å². The molecule has 0 spiro atoms. The maximum absolute atomic E-state index is 13.8. The number of likely N-dealkylation sites (tertiary alicyclic amines) is 1. The Bertz CT molecular complexity index is 1430. The Balaban J connectivity index is 1.17. The third kappa shape index (κ3) is 6.05. The Morgan fingerprint density at radius 1 is 1.18 bits per heavy atom. The normalized spacial score (nSPS) is 15.6. The molecular formula is C27H29F2N7O2. The maximum Gasteiger partial charge on any atom is 0.246 e. The molecule has 198 valence electrons. The lowest BCUT2D eigenvalue weighted by Crippen LogP contribution is -2.28. The molecule has 2 aromatic carbocycles. The van der Waals surface area contributed by atoms with Crippen molar-refractivity contribution in [3.05, 3.63) is 66.6 Å². The highest BCUT2D eigenvalue weighted by molar-refractivity contribution is 5.91. The topological polar surface area (TPSA) is 97.2 Å². The number of nitrogens with zero attached hydrogens (tertiary/aromatic N) is 5. The fraction of sp³-hybridized carbons (Fsp3) is 0.333. The van der Waals surface area contributed by atoms with Crippen LogP contribution in [0.25, 0.3) is 10.9 Å². The summed E-state index contributed by atoms with van der Waals surface area (Å²) < 4.78 is 34.5. The van der Waals surface area contributed by atoms with E-state index in [2.05, 4.69) is 37.5 Å². The smallest absolute Gasteiger partial charge is 0.246 e. The van der Waals surface area contributed by atoms with Gasteiger partial charge < -0.3 is 20.3 Å². The van der Waals surface area contributed by atoms with Crippen molar-refractivity contribution < 1.29 is 18.3 Å². The number of ether oxygens (including phenoxy) is 1. The average Bonchev–Trinajstić information content (AvgIpc) is 3.52. The molecule has 0 aliphatic carbocycles. The van der Waals surface area contributed by atoms with E-state index in [1.807, 2.05) is 18.2 Å². The van der Waals surface area contributed by atoms with Crippen LogP contribution >= 0.6 is 0 Å². The van der Waals surface area contributed by atoms with Crippen LogP contribution in [0.4, 0.5) is 26.1 Å². The first-order chi connectivity index (χ1) is 18.5. The van der Waals surface area contributed by atoms with Crippen LogP contribution in [-0.2, 0) is 11.3 Å². The zero-order valence-electron chi connectivity index (χ0n) is 21.0. The molecule has 1 aliphatic heterocycles. The van der Waals surface area contributed by atoms with E-state index < -0.39 is 17.5 Å². The van der Waals surface area contributed by atoms with Crippen LogP contribution in [-0.4, -0.2) is 56.3 Å². The monoisotopic (exact) mass is 521 g/mol. The standard InChI is InChI=1S/C27H29F2N7O2/c1-18-5-3-11-35(18)12-4-14-38-19-8-9-20-23(15-19)30-17-31-27(20)33-24-10-13-36(34-24)16-25(37)32-22-7-2-6-21(28)26(22)29/h2,6-10,13,15,17-18H,3-5,11-12,14,16H2,1H3,(H,32,37)(H,30,31,33,34)/t18-/m1/s1. The van der Waals surface area contributed by atoms with Crippen LogP contribution in [0, 0.1) is 11.6 Å². The van der Waals surface area contributed by atoms with Gasteiger partial charge in [0.1, 0.15) is 24.4 Å². The van der Waals surface area contributed by atoms with Crippen LogP contribution in [0.5, 0.6) is 5.75 Å². The number of aromatic nitrogens is 4. The molecule has 2 aromatic heterocycles. The van der Waals surface area contributed by atoms with Gasteiger partial charge in [0, 0.05) is 36.3 Å². The molecule has 9 nitrogen and oxygen atoms in total. The minimum Gasteiger partial charge on any atom is -0.493 e. The first-order valence-corrected chi connectivity index (χ1v) is 12.6. The van der Waals surface area contributed by atoms with E-state index in [-0.39, 0.29) is 12.2 Å². The molecule has 3 heterocycles. The molecule has 38 heavy (non-hydrogen) atoms. The summed E-state index contributed by atoms with van der Waals surface area (Å²) in [6.07, 6.45) is 6.57. The summed E-state index contributed by atoms with van der Waals surface area (Å²) in [7, 11) is 0. The van der Waals surface area contributed by atoms with E-state index in [1.54, 1.807) is 12.3 Å². The Morgan fingerprint density at radius 3 is 2.92 bits per heavy atom. The highest BCUT2D eigenvalue weighted by atomic mass is 19.2. The molecule has 5 rings (SSSR count). The van der Waals surface area contributed by atoms with E-state index in [0.29, 0.717) is 24.3 Å². The van der Waals surface area contributed by atoms with Gasteiger partial charge in [-0.1, -0.05) is 6.07 Å². The third-order valence-electron chi connectivity index (χ3n) is 6.58. The summed E-state index contributed by atoms with van der Waals surface area (Å²) >= 11 is 0. The molecule has 11 heteroatoms. The highest BCUT2D eigenvalue weighted by Gasteiger charge is 2.19. The van der Waals surface area contributed by atoms with Crippen molar-refractivity contribution in [3.63, 3.8) is 0 Å². The summed E-state index contributed by atoms with van der Waals surface area (Å²) in [4.78, 5) is 23.5. The number of hydrogen-bond donors (Lipinski definition) is 2. The molecular weight excluding hydrogens is 492 g/mol. The molecule has 1 fully saturated rings. The van der Waals surface area contributed by atoms with Crippen molar-refractivity contribution in [1.29, 1.82) is 0 Å². The third-order valence-corrected chi connectivity index (χ3v) is 6.58. The quantitative estimate of drug-likeness (QED) is 0.291. The van der Waals surface area contributed by atoms with Gasteiger partial charge in [0.15, 0.2) is 17.5 Å². The van der Waals surface area contributed by atoms with E-state index >= 15 is 0 Å². The van der Waals surface area contributed by atoms with Crippen molar-refractivity contribution in [3.8, 4) is 5.75 Å². The number of nitrogens with one attached hydrogen (secondary N) is 2. The number of hydrogen-bond acceptors (Lipinski definition) is 7. The Labute approximate surface area is 218 Å². The molecule has 0 bridgehead atoms. The minimum absolute atomic E-state index is 0.181. The lowest BCUT2D eigenvalue weighted by Gasteiger charge is -2.20. The minimum atomic E-state index is -1.11. The number of anilines is 3. The fourth-order valence-electron chi connectivity index (χ4n) is 4.58. The van der Waals surface area contributed by atoms with Gasteiger partial charge in [-0.15, -0.1) is 0 Å². The second-order valence-corrected chi connectivity index (χ2v) is 9.30. The van der Waals surface area contributed by atoms with Crippen molar-refractivity contribution in [1.82, 2.24) is 24.6 Å².